The minimum atomic E-state index is 0.0553. The third kappa shape index (κ3) is 2.47. The molecule has 1 aliphatic heterocycles. The molecule has 6 nitrogen and oxygen atoms in total. The summed E-state index contributed by atoms with van der Waals surface area (Å²) >= 11 is 0. The second-order valence-electron chi connectivity index (χ2n) is 6.32. The van der Waals surface area contributed by atoms with Crippen LogP contribution in [0, 0.1) is 0 Å². The van der Waals surface area contributed by atoms with Crippen molar-refractivity contribution in [2.45, 2.75) is 52.2 Å². The van der Waals surface area contributed by atoms with Crippen molar-refractivity contribution in [1.29, 1.82) is 0 Å². The van der Waals surface area contributed by atoms with Gasteiger partial charge in [0.15, 0.2) is 0 Å². The van der Waals surface area contributed by atoms with Crippen LogP contribution in [-0.2, 0) is 31.5 Å². The lowest BCUT2D eigenvalue weighted by molar-refractivity contribution is 0.449. The lowest BCUT2D eigenvalue weighted by Crippen LogP contribution is -2.26. The molecule has 1 N–H and O–H groups in total. The van der Waals surface area contributed by atoms with Crippen LogP contribution in [-0.4, -0.2) is 31.1 Å². The standard InChI is InChI=1S/C14H22N6/c1-14(2,3)13-17-11-10-15-5-4-12(11)20(13)9-8-19-7-6-16-18-19/h6-7,15H,4-5,8-10H2,1-3H3. The van der Waals surface area contributed by atoms with Gasteiger partial charge >= 0.3 is 0 Å². The Balaban J connectivity index is 1.92. The first-order chi connectivity index (χ1) is 9.55. The summed E-state index contributed by atoms with van der Waals surface area (Å²) in [6.45, 7) is 10.3. The first-order valence-electron chi connectivity index (χ1n) is 7.19. The van der Waals surface area contributed by atoms with Crippen molar-refractivity contribution < 1.29 is 0 Å². The molecule has 0 spiro atoms. The minimum absolute atomic E-state index is 0.0553. The van der Waals surface area contributed by atoms with Crippen molar-refractivity contribution >= 4 is 0 Å². The lowest BCUT2D eigenvalue weighted by atomic mass is 9.95. The van der Waals surface area contributed by atoms with Gasteiger partial charge in [-0.1, -0.05) is 26.0 Å². The largest absolute Gasteiger partial charge is 0.329 e. The van der Waals surface area contributed by atoms with Gasteiger partial charge in [-0.15, -0.1) is 5.10 Å². The first kappa shape index (κ1) is 13.3. The summed E-state index contributed by atoms with van der Waals surface area (Å²) < 4.78 is 4.26. The van der Waals surface area contributed by atoms with E-state index in [1.54, 1.807) is 6.20 Å². The average Bonchev–Trinajstić information content (AvgIpc) is 3.03. The molecule has 0 radical (unpaired) electrons. The van der Waals surface area contributed by atoms with E-state index >= 15 is 0 Å². The van der Waals surface area contributed by atoms with Crippen molar-refractivity contribution in [1.82, 2.24) is 29.9 Å². The number of hydrogen-bond acceptors (Lipinski definition) is 4. The first-order valence-corrected chi connectivity index (χ1v) is 7.19. The van der Waals surface area contributed by atoms with Crippen molar-refractivity contribution in [2.75, 3.05) is 6.54 Å². The molecule has 0 aliphatic carbocycles. The van der Waals surface area contributed by atoms with Crippen LogP contribution in [0.2, 0.25) is 0 Å². The van der Waals surface area contributed by atoms with Crippen molar-refractivity contribution in [3.05, 3.63) is 29.6 Å². The number of nitrogens with zero attached hydrogens (tertiary/aromatic N) is 5. The van der Waals surface area contributed by atoms with Crippen molar-refractivity contribution in [3.63, 3.8) is 0 Å². The highest BCUT2D eigenvalue weighted by atomic mass is 15.4. The van der Waals surface area contributed by atoms with Crippen molar-refractivity contribution in [2.24, 2.45) is 0 Å². The maximum atomic E-state index is 4.88. The van der Waals surface area contributed by atoms with Gasteiger partial charge in [0.1, 0.15) is 5.82 Å². The Labute approximate surface area is 119 Å². The van der Waals surface area contributed by atoms with Crippen LogP contribution < -0.4 is 5.32 Å². The number of aryl methyl sites for hydroxylation is 1. The van der Waals surface area contributed by atoms with Crippen LogP contribution in [0.15, 0.2) is 12.4 Å². The molecule has 0 aromatic carbocycles. The maximum absolute atomic E-state index is 4.88. The molecular weight excluding hydrogens is 252 g/mol. The molecule has 3 rings (SSSR count). The minimum Gasteiger partial charge on any atom is -0.329 e. The number of imidazole rings is 1. The quantitative estimate of drug-likeness (QED) is 0.911. The zero-order valence-corrected chi connectivity index (χ0v) is 12.4. The molecule has 2 aromatic heterocycles. The monoisotopic (exact) mass is 274 g/mol. The van der Waals surface area contributed by atoms with Crippen LogP contribution in [0.1, 0.15) is 38.0 Å². The van der Waals surface area contributed by atoms with Gasteiger partial charge in [0.25, 0.3) is 0 Å². The number of hydrogen-bond donors (Lipinski definition) is 1. The third-order valence-corrected chi connectivity index (χ3v) is 3.68. The Morgan fingerprint density at radius 2 is 2.15 bits per heavy atom. The summed E-state index contributed by atoms with van der Waals surface area (Å²) in [4.78, 5) is 4.88. The average molecular weight is 274 g/mol. The van der Waals surface area contributed by atoms with E-state index in [2.05, 4.69) is 41.0 Å². The van der Waals surface area contributed by atoms with Crippen LogP contribution in [0.3, 0.4) is 0 Å². The fourth-order valence-corrected chi connectivity index (χ4v) is 2.74. The smallest absolute Gasteiger partial charge is 0.114 e. The van der Waals surface area contributed by atoms with E-state index in [4.69, 9.17) is 4.98 Å². The molecule has 0 bridgehead atoms. The van der Waals surface area contributed by atoms with Gasteiger partial charge < -0.3 is 9.88 Å². The molecule has 0 fully saturated rings. The van der Waals surface area contributed by atoms with Crippen LogP contribution in [0.25, 0.3) is 0 Å². The molecule has 1 aliphatic rings. The SMILES string of the molecule is CC(C)(C)c1nc2c(n1CCn1ccnn1)CCNC2. The fourth-order valence-electron chi connectivity index (χ4n) is 2.74. The van der Waals surface area contributed by atoms with Gasteiger partial charge in [0, 0.05) is 43.4 Å². The van der Waals surface area contributed by atoms with Gasteiger partial charge in [-0.2, -0.15) is 0 Å². The Kier molecular flexibility index (Phi) is 3.33. The highest BCUT2D eigenvalue weighted by Crippen LogP contribution is 2.26. The molecule has 3 heterocycles. The molecule has 0 amide bonds. The highest BCUT2D eigenvalue weighted by molar-refractivity contribution is 5.23. The van der Waals surface area contributed by atoms with Gasteiger partial charge in [0.05, 0.1) is 18.4 Å². The second kappa shape index (κ2) is 5.01. The maximum Gasteiger partial charge on any atom is 0.114 e. The summed E-state index contributed by atoms with van der Waals surface area (Å²) in [6, 6.07) is 0. The number of fused-ring (bicyclic) bond motifs is 1. The van der Waals surface area contributed by atoms with E-state index in [0.29, 0.717) is 0 Å². The van der Waals surface area contributed by atoms with Crippen LogP contribution in [0.5, 0.6) is 0 Å². The molecule has 2 aromatic rings. The molecule has 0 saturated heterocycles. The zero-order chi connectivity index (χ0) is 14.2. The summed E-state index contributed by atoms with van der Waals surface area (Å²) in [5, 5.41) is 11.3. The van der Waals surface area contributed by atoms with Crippen LogP contribution >= 0.6 is 0 Å². The van der Waals surface area contributed by atoms with E-state index in [1.807, 2.05) is 10.9 Å². The van der Waals surface area contributed by atoms with Gasteiger partial charge in [-0.05, 0) is 0 Å². The predicted molar refractivity (Wildman–Crippen MR) is 76.4 cm³/mol. The Morgan fingerprint density at radius 3 is 2.85 bits per heavy atom. The van der Waals surface area contributed by atoms with E-state index in [-0.39, 0.29) is 5.41 Å². The molecule has 108 valence electrons. The van der Waals surface area contributed by atoms with Gasteiger partial charge in [0.2, 0.25) is 0 Å². The number of nitrogens with one attached hydrogen (secondary N) is 1. The van der Waals surface area contributed by atoms with E-state index < -0.39 is 0 Å². The summed E-state index contributed by atoms with van der Waals surface area (Å²) in [7, 11) is 0. The number of aromatic nitrogens is 5. The van der Waals surface area contributed by atoms with Crippen LogP contribution in [0.4, 0.5) is 0 Å². The molecular formula is C14H22N6. The highest BCUT2D eigenvalue weighted by Gasteiger charge is 2.26. The molecule has 6 heteroatoms. The van der Waals surface area contributed by atoms with E-state index in [0.717, 1.165) is 32.6 Å². The Morgan fingerprint density at radius 1 is 1.30 bits per heavy atom. The Bertz CT molecular complexity index is 576. The number of rotatable bonds is 3. The summed E-state index contributed by atoms with van der Waals surface area (Å²) in [5.41, 5.74) is 2.65. The zero-order valence-electron chi connectivity index (χ0n) is 12.4. The molecule has 0 atom stereocenters. The lowest BCUT2D eigenvalue weighted by Gasteiger charge is -2.21. The van der Waals surface area contributed by atoms with Gasteiger partial charge in [-0.25, -0.2) is 4.98 Å². The fraction of sp³-hybridized carbons (Fsp3) is 0.643. The van der Waals surface area contributed by atoms with E-state index in [9.17, 15) is 0 Å². The topological polar surface area (TPSA) is 60.6 Å². The van der Waals surface area contributed by atoms with Gasteiger partial charge in [-0.3, -0.25) is 4.68 Å². The predicted octanol–water partition coefficient (Wildman–Crippen LogP) is 1.12. The summed E-state index contributed by atoms with van der Waals surface area (Å²) in [5.74, 6) is 1.17. The summed E-state index contributed by atoms with van der Waals surface area (Å²) in [6.07, 6.45) is 4.68. The second-order valence-corrected chi connectivity index (χ2v) is 6.32. The Hall–Kier alpha value is -1.69. The molecule has 0 unspecified atom stereocenters. The molecule has 20 heavy (non-hydrogen) atoms. The van der Waals surface area contributed by atoms with E-state index in [1.165, 1.54) is 17.2 Å². The molecule has 0 saturated carbocycles. The van der Waals surface area contributed by atoms with Crippen molar-refractivity contribution in [3.8, 4) is 0 Å². The third-order valence-electron chi connectivity index (χ3n) is 3.68. The normalized spacial score (nSPS) is 15.3.